The third-order valence-electron chi connectivity index (χ3n) is 7.84. The highest BCUT2D eigenvalue weighted by atomic mass is 35.5. The molecule has 42 heavy (non-hydrogen) atoms. The van der Waals surface area contributed by atoms with E-state index < -0.39 is 27.5 Å². The number of anilines is 1. The molecule has 1 unspecified atom stereocenters. The van der Waals surface area contributed by atoms with Crippen LogP contribution in [0.25, 0.3) is 5.82 Å². The quantitative estimate of drug-likeness (QED) is 0.332. The summed E-state index contributed by atoms with van der Waals surface area (Å²) in [6.45, 7) is 6.71. The molecule has 0 bridgehead atoms. The van der Waals surface area contributed by atoms with Crippen LogP contribution in [0.1, 0.15) is 56.8 Å². The molecule has 14 heteroatoms. The zero-order valence-corrected chi connectivity index (χ0v) is 25.0. The number of sulfonamides is 1. The lowest BCUT2D eigenvalue weighted by Crippen LogP contribution is -2.40. The van der Waals surface area contributed by atoms with Gasteiger partial charge in [0.05, 0.1) is 28.2 Å². The molecule has 0 spiro atoms. The summed E-state index contributed by atoms with van der Waals surface area (Å²) in [5.41, 5.74) is -1.42. The minimum absolute atomic E-state index is 0. The van der Waals surface area contributed by atoms with Crippen LogP contribution < -0.4 is 14.4 Å². The molecule has 1 aliphatic heterocycles. The van der Waals surface area contributed by atoms with Gasteiger partial charge >= 0.3 is 6.18 Å². The number of ether oxygens (including phenoxy) is 1. The van der Waals surface area contributed by atoms with Crippen LogP contribution >= 0.6 is 12.4 Å². The fourth-order valence-electron chi connectivity index (χ4n) is 5.49. The molecule has 1 amide bonds. The number of halogens is 4. The van der Waals surface area contributed by atoms with Crippen molar-refractivity contribution >= 4 is 34.0 Å². The molecule has 3 aromatic rings. The predicted octanol–water partition coefficient (Wildman–Crippen LogP) is 5.54. The molecule has 0 radical (unpaired) electrons. The number of pyridine rings is 1. The largest absolute Gasteiger partial charge is 0.477 e. The molecule has 2 aromatic heterocycles. The van der Waals surface area contributed by atoms with Gasteiger partial charge in [-0.05, 0) is 57.6 Å². The first-order valence-electron chi connectivity index (χ1n) is 13.4. The standard InChI is InChI=1S/C28H32F3N5O4S.ClH/c1-19-16-26(2,3)35(18-19)22-15-23(32-17-21(22)25(37)34-41(38,39)20-7-5-4-6-8-20)36-13-9-24(33-36)40-14-12-27(10-11-27)28(29,30)31;/h4-9,13,15,17,19H,10-12,14,16,18H2,1-3H3,(H,34,37);1H. The Morgan fingerprint density at radius 2 is 1.86 bits per heavy atom. The Kier molecular flexibility index (Phi) is 8.58. The average Bonchev–Trinajstić information content (AvgIpc) is 3.47. The van der Waals surface area contributed by atoms with Crippen molar-refractivity contribution in [2.45, 2.75) is 63.1 Å². The molecule has 1 aliphatic carbocycles. The number of nitrogens with one attached hydrogen (secondary N) is 1. The third-order valence-corrected chi connectivity index (χ3v) is 9.19. The van der Waals surface area contributed by atoms with Crippen molar-refractivity contribution in [1.29, 1.82) is 0 Å². The molecule has 3 heterocycles. The van der Waals surface area contributed by atoms with Crippen molar-refractivity contribution in [2.75, 3.05) is 18.1 Å². The van der Waals surface area contributed by atoms with Crippen molar-refractivity contribution in [3.05, 3.63) is 60.4 Å². The molecule has 1 aromatic carbocycles. The molecule has 1 N–H and O–H groups in total. The number of carbonyl (C=O) groups excluding carboxylic acids is 1. The number of nitrogens with zero attached hydrogens (tertiary/aromatic N) is 4. The molecule has 5 rings (SSSR count). The van der Waals surface area contributed by atoms with Crippen molar-refractivity contribution in [1.82, 2.24) is 19.5 Å². The number of rotatable bonds is 9. The molecule has 1 saturated heterocycles. The predicted molar refractivity (Wildman–Crippen MR) is 153 cm³/mol. The van der Waals surface area contributed by atoms with E-state index >= 15 is 0 Å². The summed E-state index contributed by atoms with van der Waals surface area (Å²) in [7, 11) is -4.12. The van der Waals surface area contributed by atoms with E-state index in [1.807, 2.05) is 13.8 Å². The molecule has 2 aliphatic rings. The lowest BCUT2D eigenvalue weighted by Gasteiger charge is -2.35. The highest BCUT2D eigenvalue weighted by Gasteiger charge is 2.62. The maximum atomic E-state index is 13.4. The molecule has 9 nitrogen and oxygen atoms in total. The van der Waals surface area contributed by atoms with E-state index in [2.05, 4.69) is 26.6 Å². The summed E-state index contributed by atoms with van der Waals surface area (Å²) < 4.78 is 74.4. The van der Waals surface area contributed by atoms with Crippen LogP contribution in [-0.2, 0) is 10.0 Å². The minimum atomic E-state index is -4.24. The Hall–Kier alpha value is -3.32. The van der Waals surface area contributed by atoms with Gasteiger partial charge in [-0.2, -0.15) is 13.2 Å². The maximum absolute atomic E-state index is 13.4. The normalized spacial score (nSPS) is 19.2. The minimum Gasteiger partial charge on any atom is -0.477 e. The number of hydrogen-bond donors (Lipinski definition) is 1. The van der Waals surface area contributed by atoms with Gasteiger partial charge in [0.1, 0.15) is 0 Å². The van der Waals surface area contributed by atoms with Gasteiger partial charge in [-0.15, -0.1) is 17.5 Å². The fraction of sp³-hybridized carbons (Fsp3) is 0.464. The Morgan fingerprint density at radius 1 is 1.17 bits per heavy atom. The van der Waals surface area contributed by atoms with Crippen LogP contribution in [0.2, 0.25) is 0 Å². The van der Waals surface area contributed by atoms with Gasteiger partial charge in [0, 0.05) is 36.6 Å². The second-order valence-electron chi connectivity index (χ2n) is 11.5. The summed E-state index contributed by atoms with van der Waals surface area (Å²) in [6.07, 6.45) is -0.433. The lowest BCUT2D eigenvalue weighted by molar-refractivity contribution is -0.190. The first-order valence-corrected chi connectivity index (χ1v) is 14.8. The highest BCUT2D eigenvalue weighted by Crippen LogP contribution is 2.59. The van der Waals surface area contributed by atoms with E-state index in [9.17, 15) is 26.4 Å². The van der Waals surface area contributed by atoms with E-state index in [-0.39, 0.29) is 60.2 Å². The van der Waals surface area contributed by atoms with Crippen molar-refractivity contribution < 1.29 is 31.1 Å². The summed E-state index contributed by atoms with van der Waals surface area (Å²) in [5.74, 6) is -0.0120. The first kappa shape index (κ1) is 31.6. The molecular formula is C28H33ClF3N5O4S. The second kappa shape index (κ2) is 11.4. The topological polar surface area (TPSA) is 106 Å². The van der Waals surface area contributed by atoms with Gasteiger partial charge in [-0.25, -0.2) is 22.8 Å². The van der Waals surface area contributed by atoms with Gasteiger partial charge in [-0.3, -0.25) is 4.79 Å². The molecule has 1 atom stereocenters. The van der Waals surface area contributed by atoms with Crippen LogP contribution in [0.15, 0.2) is 59.8 Å². The average molecular weight is 628 g/mol. The van der Waals surface area contributed by atoms with Gasteiger partial charge in [0.15, 0.2) is 5.82 Å². The lowest BCUT2D eigenvalue weighted by atomic mass is 9.97. The first-order chi connectivity index (χ1) is 19.2. The van der Waals surface area contributed by atoms with Crippen LogP contribution in [-0.4, -0.2) is 54.0 Å². The molecule has 228 valence electrons. The number of carbonyl (C=O) groups is 1. The SMILES string of the molecule is CC1CN(c2cc(-n3ccc(OCCC4(C(F)(F)F)CC4)n3)ncc2C(=O)NS(=O)(=O)c2ccccc2)C(C)(C)C1.Cl. The maximum Gasteiger partial charge on any atom is 0.394 e. The third kappa shape index (κ3) is 6.36. The van der Waals surface area contributed by atoms with Gasteiger partial charge in [-0.1, -0.05) is 25.1 Å². The van der Waals surface area contributed by atoms with E-state index in [0.717, 1.165) is 6.42 Å². The van der Waals surface area contributed by atoms with Crippen molar-refractivity contribution in [2.24, 2.45) is 11.3 Å². The Morgan fingerprint density at radius 3 is 2.45 bits per heavy atom. The van der Waals surface area contributed by atoms with Gasteiger partial charge in [0.2, 0.25) is 5.88 Å². The second-order valence-corrected chi connectivity index (χ2v) is 13.2. The van der Waals surface area contributed by atoms with Gasteiger partial charge in [0.25, 0.3) is 15.9 Å². The Bertz CT molecular complexity index is 1540. The van der Waals surface area contributed by atoms with Crippen LogP contribution in [0.4, 0.5) is 18.9 Å². The summed E-state index contributed by atoms with van der Waals surface area (Å²) in [4.78, 5) is 19.7. The van der Waals surface area contributed by atoms with E-state index in [0.29, 0.717) is 24.0 Å². The van der Waals surface area contributed by atoms with Gasteiger partial charge < -0.3 is 9.64 Å². The number of aromatic nitrogens is 3. The number of benzene rings is 1. The molecule has 2 fully saturated rings. The van der Waals surface area contributed by atoms with E-state index in [4.69, 9.17) is 4.74 Å². The molecular weight excluding hydrogens is 595 g/mol. The van der Waals surface area contributed by atoms with Crippen LogP contribution in [0, 0.1) is 11.3 Å². The number of hydrogen-bond acceptors (Lipinski definition) is 7. The van der Waals surface area contributed by atoms with Crippen molar-refractivity contribution in [3.8, 4) is 11.7 Å². The van der Waals surface area contributed by atoms with Crippen molar-refractivity contribution in [3.63, 3.8) is 0 Å². The molecule has 1 saturated carbocycles. The Labute approximate surface area is 248 Å². The fourth-order valence-corrected chi connectivity index (χ4v) is 6.48. The highest BCUT2D eigenvalue weighted by molar-refractivity contribution is 7.90. The Balaban J connectivity index is 0.00000405. The van der Waals surface area contributed by atoms with E-state index in [1.54, 1.807) is 30.5 Å². The summed E-state index contributed by atoms with van der Waals surface area (Å²) in [6, 6.07) is 10.8. The number of amides is 1. The summed E-state index contributed by atoms with van der Waals surface area (Å²) >= 11 is 0. The monoisotopic (exact) mass is 627 g/mol. The van der Waals surface area contributed by atoms with Crippen LogP contribution in [0.5, 0.6) is 5.88 Å². The van der Waals surface area contributed by atoms with Crippen LogP contribution in [0.3, 0.4) is 0 Å². The van der Waals surface area contributed by atoms with E-state index in [1.165, 1.54) is 29.1 Å². The summed E-state index contributed by atoms with van der Waals surface area (Å²) in [5, 5.41) is 4.31. The zero-order valence-electron chi connectivity index (χ0n) is 23.4. The smallest absolute Gasteiger partial charge is 0.394 e. The number of alkyl halides is 3. The zero-order chi connectivity index (χ0) is 29.6.